The Kier molecular flexibility index (Phi) is 9.38. The molecule has 58 heavy (non-hydrogen) atoms. The van der Waals surface area contributed by atoms with Gasteiger partial charge < -0.3 is 28.8 Å². The van der Waals surface area contributed by atoms with E-state index in [0.29, 0.717) is 29.1 Å². The molecule has 1 aromatic heterocycles. The number of nitrogens with one attached hydrogen (secondary N) is 1. The number of aromatic nitrogens is 1. The fraction of sp³-hybridized carbons (Fsp3) is 0.457. The molecule has 4 aromatic rings. The van der Waals surface area contributed by atoms with Crippen molar-refractivity contribution in [2.24, 2.45) is 17.8 Å². The van der Waals surface area contributed by atoms with Gasteiger partial charge in [-0.2, -0.15) is 0 Å². The van der Waals surface area contributed by atoms with E-state index >= 15 is 14.0 Å². The molecule has 1 saturated carbocycles. The molecule has 4 aliphatic carbocycles. The van der Waals surface area contributed by atoms with Gasteiger partial charge >= 0.3 is 0 Å². The molecule has 0 spiro atoms. The second-order valence-corrected chi connectivity index (χ2v) is 23.2. The van der Waals surface area contributed by atoms with Crippen molar-refractivity contribution in [2.45, 2.75) is 95.5 Å². The molecule has 6 atom stereocenters. The smallest absolute Gasteiger partial charge is 0.265 e. The van der Waals surface area contributed by atoms with Crippen molar-refractivity contribution in [3.8, 4) is 11.6 Å². The number of hydrogen-bond donors (Lipinski definition) is 2. The van der Waals surface area contributed by atoms with Gasteiger partial charge in [-0.15, -0.1) is 0 Å². The van der Waals surface area contributed by atoms with Crippen LogP contribution in [-0.4, -0.2) is 61.3 Å². The summed E-state index contributed by atoms with van der Waals surface area (Å²) in [4.78, 5) is 33.4. The molecule has 2 heterocycles. The van der Waals surface area contributed by atoms with Gasteiger partial charge in [-0.3, -0.25) is 14.5 Å². The molecule has 1 saturated heterocycles. The molecule has 3 unspecified atom stereocenters. The van der Waals surface area contributed by atoms with Crippen LogP contribution in [0.4, 0.5) is 4.39 Å². The minimum absolute atomic E-state index is 0.0112. The molecular weight excluding hydrogens is 754 g/mol. The average molecular weight is 806 g/mol. The molecule has 12 heteroatoms. The highest BCUT2D eigenvalue weighted by atomic mass is 28.4. The van der Waals surface area contributed by atoms with Gasteiger partial charge in [0.1, 0.15) is 36.1 Å². The highest BCUT2D eigenvalue weighted by molar-refractivity contribution is 6.74. The third kappa shape index (κ3) is 5.84. The van der Waals surface area contributed by atoms with Crippen LogP contribution in [0.15, 0.2) is 70.8 Å². The fourth-order valence-electron chi connectivity index (χ4n) is 10.1. The third-order valence-corrected chi connectivity index (χ3v) is 18.3. The first-order chi connectivity index (χ1) is 27.6. The lowest BCUT2D eigenvalue weighted by Gasteiger charge is -2.55. The topological polar surface area (TPSA) is 123 Å². The minimum Gasteiger partial charge on any atom is -0.507 e. The Balaban J connectivity index is 1.23. The number of hydrogen-bond acceptors (Lipinski definition) is 10. The maximum absolute atomic E-state index is 17.3. The number of ketones is 2. The number of aliphatic hydroxyl groups is 1. The van der Waals surface area contributed by atoms with Crippen LogP contribution in [0.3, 0.4) is 0 Å². The van der Waals surface area contributed by atoms with Gasteiger partial charge in [0.2, 0.25) is 11.6 Å². The Morgan fingerprint density at radius 1 is 0.948 bits per heavy atom. The molecule has 2 fully saturated rings. The molecule has 5 aliphatic rings. The maximum Gasteiger partial charge on any atom is 0.265 e. The summed E-state index contributed by atoms with van der Waals surface area (Å²) in [7, 11) is 0.812. The van der Waals surface area contributed by atoms with E-state index < -0.39 is 48.4 Å². The summed E-state index contributed by atoms with van der Waals surface area (Å²) in [5, 5.41) is 20.1. The average Bonchev–Trinajstić information content (AvgIpc) is 3.91. The molecule has 9 rings (SSSR count). The van der Waals surface area contributed by atoms with E-state index in [1.54, 1.807) is 0 Å². The minimum atomic E-state index is -2.94. The van der Waals surface area contributed by atoms with Crippen LogP contribution in [0.25, 0.3) is 5.76 Å². The van der Waals surface area contributed by atoms with Crippen LogP contribution in [0.1, 0.15) is 95.2 Å². The monoisotopic (exact) mass is 805 g/mol. The Morgan fingerprint density at radius 3 is 2.24 bits per heavy atom. The molecule has 3 aromatic carbocycles. The standard InChI is InChI=1S/C46H52FN3O7Si/c1-45(2,3)58(6,7)57-46-31(38(50(4)5)41-35(43(46)53)44(49-56-41)55-24-26-16-12-9-13-17-26)22-28-21-29-34(39(51)32(28)42(46)52)40(54-23-25-14-10-8-11-15-25)30-20-27-18-19-48-37(27)33(30)36(29)47/h8-17,27-28,31,37-38,48,51H,18-24H2,1-7H3/t27?,28-,31-,37?,38-,46?/m0/s1. The molecule has 0 bridgehead atoms. The first-order valence-corrected chi connectivity index (χ1v) is 23.4. The number of rotatable bonds is 9. The Bertz CT molecular complexity index is 2340. The summed E-state index contributed by atoms with van der Waals surface area (Å²) in [5.41, 5.74) is 1.76. The largest absolute Gasteiger partial charge is 0.507 e. The van der Waals surface area contributed by atoms with E-state index in [2.05, 4.69) is 31.2 Å². The Hall–Kier alpha value is -4.62. The van der Waals surface area contributed by atoms with E-state index in [-0.39, 0.29) is 72.2 Å². The third-order valence-electron chi connectivity index (χ3n) is 13.9. The predicted molar refractivity (Wildman–Crippen MR) is 219 cm³/mol. The molecule has 2 N–H and O–H groups in total. The highest BCUT2D eigenvalue weighted by Crippen LogP contribution is 2.60. The van der Waals surface area contributed by atoms with Crippen LogP contribution in [0.2, 0.25) is 18.1 Å². The molecule has 0 radical (unpaired) electrons. The quantitative estimate of drug-likeness (QED) is 0.126. The lowest BCUT2D eigenvalue weighted by atomic mass is 9.57. The van der Waals surface area contributed by atoms with E-state index in [4.69, 9.17) is 18.4 Å². The number of nitrogens with zero attached hydrogens (tertiary/aromatic N) is 2. The highest BCUT2D eigenvalue weighted by Gasteiger charge is 2.69. The van der Waals surface area contributed by atoms with Gasteiger partial charge in [0.05, 0.1) is 11.6 Å². The number of carbonyl (C=O) groups is 2. The first-order valence-electron chi connectivity index (χ1n) is 20.5. The summed E-state index contributed by atoms with van der Waals surface area (Å²) < 4.78 is 43.4. The van der Waals surface area contributed by atoms with Crippen LogP contribution in [0, 0.1) is 23.6 Å². The summed E-state index contributed by atoms with van der Waals surface area (Å²) in [6.45, 7) is 11.4. The van der Waals surface area contributed by atoms with E-state index in [1.807, 2.05) is 92.8 Å². The number of halogens is 1. The van der Waals surface area contributed by atoms with Crippen molar-refractivity contribution in [3.63, 3.8) is 0 Å². The zero-order valence-corrected chi connectivity index (χ0v) is 35.3. The lowest BCUT2D eigenvalue weighted by molar-refractivity contribution is -0.140. The zero-order valence-electron chi connectivity index (χ0n) is 34.3. The Labute approximate surface area is 339 Å². The number of Topliss-reactive ketones (excluding diaryl/α,β-unsaturated/α-hetero) is 2. The zero-order chi connectivity index (χ0) is 40.9. The van der Waals surface area contributed by atoms with Crippen LogP contribution in [0.5, 0.6) is 11.6 Å². The van der Waals surface area contributed by atoms with Crippen LogP contribution >= 0.6 is 0 Å². The summed E-state index contributed by atoms with van der Waals surface area (Å²) >= 11 is 0. The van der Waals surface area contributed by atoms with Gasteiger partial charge in [0.25, 0.3) is 5.88 Å². The molecule has 304 valence electrons. The van der Waals surface area contributed by atoms with E-state index in [0.717, 1.165) is 29.7 Å². The second kappa shape index (κ2) is 14.0. The Morgan fingerprint density at radius 2 is 1.60 bits per heavy atom. The predicted octanol–water partition coefficient (Wildman–Crippen LogP) is 8.47. The van der Waals surface area contributed by atoms with Gasteiger partial charge in [0.15, 0.2) is 19.7 Å². The van der Waals surface area contributed by atoms with E-state index in [1.165, 1.54) is 0 Å². The van der Waals surface area contributed by atoms with Crippen molar-refractivity contribution in [1.82, 2.24) is 15.4 Å². The maximum atomic E-state index is 17.3. The number of ether oxygens (including phenoxy) is 2. The number of aliphatic hydroxyl groups excluding tert-OH is 1. The number of fused-ring (bicyclic) bond motifs is 7. The second-order valence-electron chi connectivity index (χ2n) is 18.5. The summed E-state index contributed by atoms with van der Waals surface area (Å²) in [6, 6.07) is 18.5. The van der Waals surface area contributed by atoms with Gasteiger partial charge in [-0.1, -0.05) is 81.4 Å². The van der Waals surface area contributed by atoms with Crippen molar-refractivity contribution < 1.29 is 37.5 Å². The number of carbonyl (C=O) groups excluding carboxylic acids is 2. The van der Waals surface area contributed by atoms with Crippen molar-refractivity contribution in [2.75, 3.05) is 20.6 Å². The SMILES string of the molecule is CN(C)[C@@H]1c2onc(OCc3ccccc3)c2C(=O)C2(O[Si](C)(C)C(C)(C)C)C(=O)C3=C(O)c4c(c(F)c5c(c4OCc4ccccc4)CC4CCNC54)C[C@H]3C[C@@H]12. The molecule has 0 amide bonds. The lowest BCUT2D eigenvalue weighted by Crippen LogP contribution is -2.68. The van der Waals surface area contributed by atoms with Gasteiger partial charge in [0, 0.05) is 34.2 Å². The van der Waals surface area contributed by atoms with E-state index in [9.17, 15) is 5.11 Å². The van der Waals surface area contributed by atoms with Gasteiger partial charge in [-0.25, -0.2) is 4.39 Å². The molecule has 1 aliphatic heterocycles. The normalized spacial score (nSPS) is 26.2. The molecular formula is C46H52FN3O7Si. The van der Waals surface area contributed by atoms with Crippen molar-refractivity contribution in [3.05, 3.63) is 117 Å². The van der Waals surface area contributed by atoms with Crippen molar-refractivity contribution in [1.29, 1.82) is 0 Å². The van der Waals surface area contributed by atoms with Gasteiger partial charge in [-0.05, 0) is 92.6 Å². The van der Waals surface area contributed by atoms with Crippen LogP contribution in [-0.2, 0) is 35.3 Å². The van der Waals surface area contributed by atoms with Crippen LogP contribution < -0.4 is 14.8 Å². The summed E-state index contributed by atoms with van der Waals surface area (Å²) in [5.74, 6) is -2.36. The summed E-state index contributed by atoms with van der Waals surface area (Å²) in [6.07, 6.45) is 1.88. The first kappa shape index (κ1) is 38.9. The molecule has 10 nitrogen and oxygen atoms in total. The number of benzene rings is 3. The fourth-order valence-corrected chi connectivity index (χ4v) is 11.5. The van der Waals surface area contributed by atoms with Crippen molar-refractivity contribution >= 4 is 25.6 Å².